The predicted molar refractivity (Wildman–Crippen MR) is 76.1 cm³/mol. The molecule has 0 amide bonds. The van der Waals surface area contributed by atoms with Crippen molar-refractivity contribution in [3.05, 3.63) is 12.7 Å². The van der Waals surface area contributed by atoms with E-state index in [1.54, 1.807) is 0 Å². The molecule has 0 radical (unpaired) electrons. The molecule has 0 rings (SSSR count). The van der Waals surface area contributed by atoms with Crippen molar-refractivity contribution in [3.8, 4) is 0 Å². The second-order valence-corrected chi connectivity index (χ2v) is 4.80. The van der Waals surface area contributed by atoms with E-state index in [9.17, 15) is 4.79 Å². The molecule has 18 heavy (non-hydrogen) atoms. The van der Waals surface area contributed by atoms with Crippen LogP contribution in [0.1, 0.15) is 71.1 Å². The molecule has 2 N–H and O–H groups in total. The van der Waals surface area contributed by atoms with Gasteiger partial charge < -0.3 is 4.74 Å². The molecule has 1 atom stereocenters. The van der Waals surface area contributed by atoms with Gasteiger partial charge in [-0.25, -0.2) is 4.79 Å². The van der Waals surface area contributed by atoms with Gasteiger partial charge in [-0.05, 0) is 12.8 Å². The number of carbonyl (C=O) groups is 1. The van der Waals surface area contributed by atoms with E-state index >= 15 is 0 Å². The fourth-order valence-corrected chi connectivity index (χ4v) is 1.91. The molecule has 0 aliphatic heterocycles. The molecule has 3 nitrogen and oxygen atoms in total. The maximum Gasteiger partial charge on any atom is 0.331 e. The summed E-state index contributed by atoms with van der Waals surface area (Å²) in [6.45, 7) is 5.57. The van der Waals surface area contributed by atoms with Crippen LogP contribution in [0.15, 0.2) is 12.7 Å². The second-order valence-electron chi connectivity index (χ2n) is 4.80. The lowest BCUT2D eigenvalue weighted by atomic mass is 10.1. The molecule has 0 aromatic carbocycles. The Morgan fingerprint density at radius 2 is 1.61 bits per heavy atom. The van der Waals surface area contributed by atoms with Gasteiger partial charge in [-0.15, -0.1) is 0 Å². The normalized spacial score (nSPS) is 12.1. The maximum absolute atomic E-state index is 10.9. The van der Waals surface area contributed by atoms with Crippen LogP contribution in [0.2, 0.25) is 0 Å². The van der Waals surface area contributed by atoms with E-state index in [1.165, 1.54) is 51.4 Å². The molecular formula is C15H29NO2. The Labute approximate surface area is 112 Å². The van der Waals surface area contributed by atoms with Gasteiger partial charge >= 0.3 is 5.97 Å². The molecule has 0 bridgehead atoms. The highest BCUT2D eigenvalue weighted by Crippen LogP contribution is 2.11. The standard InChI is InChI=1S/C15H29NO2/c1-3-5-6-7-8-9-10-11-12-13-14(16)18-15(17)4-2/h4,14H,2-3,5-13,16H2,1H3. The molecule has 1 unspecified atom stereocenters. The molecule has 0 aromatic heterocycles. The van der Waals surface area contributed by atoms with Gasteiger partial charge in [0.25, 0.3) is 0 Å². The summed E-state index contributed by atoms with van der Waals surface area (Å²) in [7, 11) is 0. The van der Waals surface area contributed by atoms with Crippen molar-refractivity contribution in [3.63, 3.8) is 0 Å². The lowest BCUT2D eigenvalue weighted by Crippen LogP contribution is -2.26. The summed E-state index contributed by atoms with van der Waals surface area (Å²) in [6, 6.07) is 0. The van der Waals surface area contributed by atoms with Crippen molar-refractivity contribution >= 4 is 5.97 Å². The molecule has 0 saturated carbocycles. The van der Waals surface area contributed by atoms with Crippen LogP contribution in [0.4, 0.5) is 0 Å². The molecule has 0 heterocycles. The molecule has 0 aliphatic rings. The summed E-state index contributed by atoms with van der Waals surface area (Å²) in [5.74, 6) is -0.432. The number of ether oxygens (including phenoxy) is 1. The largest absolute Gasteiger partial charge is 0.444 e. The summed E-state index contributed by atoms with van der Waals surface area (Å²) in [6.07, 6.45) is 12.9. The molecule has 3 heteroatoms. The smallest absolute Gasteiger partial charge is 0.331 e. The minimum atomic E-state index is -0.472. The van der Waals surface area contributed by atoms with Crippen LogP contribution in [-0.4, -0.2) is 12.2 Å². The third-order valence-corrected chi connectivity index (χ3v) is 3.03. The van der Waals surface area contributed by atoms with Crippen molar-refractivity contribution in [1.29, 1.82) is 0 Å². The Balaban J connectivity index is 3.19. The van der Waals surface area contributed by atoms with E-state index in [0.29, 0.717) is 0 Å². The first kappa shape index (κ1) is 17.2. The molecule has 0 saturated heterocycles. The van der Waals surface area contributed by atoms with Gasteiger partial charge in [0.1, 0.15) is 0 Å². The topological polar surface area (TPSA) is 52.3 Å². The molecule has 0 fully saturated rings. The highest BCUT2D eigenvalue weighted by atomic mass is 16.6. The van der Waals surface area contributed by atoms with Crippen molar-refractivity contribution in [2.45, 2.75) is 77.4 Å². The maximum atomic E-state index is 10.9. The molecule has 0 aliphatic carbocycles. The van der Waals surface area contributed by atoms with Gasteiger partial charge in [0, 0.05) is 6.08 Å². The van der Waals surface area contributed by atoms with Crippen molar-refractivity contribution in [2.24, 2.45) is 5.73 Å². The van der Waals surface area contributed by atoms with Gasteiger partial charge in [-0.2, -0.15) is 0 Å². The van der Waals surface area contributed by atoms with Gasteiger partial charge in [-0.3, -0.25) is 5.73 Å². The van der Waals surface area contributed by atoms with Crippen molar-refractivity contribution in [2.75, 3.05) is 0 Å². The van der Waals surface area contributed by atoms with Crippen LogP contribution in [0.3, 0.4) is 0 Å². The summed E-state index contributed by atoms with van der Waals surface area (Å²) in [5, 5.41) is 0. The molecule has 0 spiro atoms. The predicted octanol–water partition coefficient (Wildman–Crippen LogP) is 3.92. The van der Waals surface area contributed by atoms with Gasteiger partial charge in [0.05, 0.1) is 0 Å². The van der Waals surface area contributed by atoms with Crippen LogP contribution in [-0.2, 0) is 9.53 Å². The minimum absolute atomic E-state index is 0.432. The van der Waals surface area contributed by atoms with Crippen LogP contribution in [0, 0.1) is 0 Å². The average molecular weight is 255 g/mol. The zero-order chi connectivity index (χ0) is 13.6. The van der Waals surface area contributed by atoms with E-state index in [-0.39, 0.29) is 0 Å². The van der Waals surface area contributed by atoms with Crippen molar-refractivity contribution in [1.82, 2.24) is 0 Å². The van der Waals surface area contributed by atoms with Crippen LogP contribution < -0.4 is 5.73 Å². The fourth-order valence-electron chi connectivity index (χ4n) is 1.91. The zero-order valence-electron chi connectivity index (χ0n) is 11.8. The van der Waals surface area contributed by atoms with Gasteiger partial charge in [0.2, 0.25) is 0 Å². The summed E-state index contributed by atoms with van der Waals surface area (Å²) < 4.78 is 4.89. The van der Waals surface area contributed by atoms with E-state index in [4.69, 9.17) is 10.5 Å². The fraction of sp³-hybridized carbons (Fsp3) is 0.800. The highest BCUT2D eigenvalue weighted by Gasteiger charge is 2.05. The average Bonchev–Trinajstić information content (AvgIpc) is 2.36. The van der Waals surface area contributed by atoms with Crippen LogP contribution in [0.25, 0.3) is 0 Å². The SMILES string of the molecule is C=CC(=O)OC(N)CCCCCCCCCCC. The zero-order valence-corrected chi connectivity index (χ0v) is 11.8. The first-order chi connectivity index (χ1) is 8.70. The van der Waals surface area contributed by atoms with E-state index in [0.717, 1.165) is 18.9 Å². The summed E-state index contributed by atoms with van der Waals surface area (Å²) >= 11 is 0. The number of esters is 1. The Morgan fingerprint density at radius 1 is 1.11 bits per heavy atom. The number of unbranched alkanes of at least 4 members (excludes halogenated alkanes) is 8. The summed E-state index contributed by atoms with van der Waals surface area (Å²) in [5.41, 5.74) is 5.66. The van der Waals surface area contributed by atoms with Crippen molar-refractivity contribution < 1.29 is 9.53 Å². The van der Waals surface area contributed by atoms with Gasteiger partial charge in [-0.1, -0.05) is 64.9 Å². The van der Waals surface area contributed by atoms with Crippen LogP contribution >= 0.6 is 0 Å². The van der Waals surface area contributed by atoms with E-state index in [2.05, 4.69) is 13.5 Å². The highest BCUT2D eigenvalue weighted by molar-refractivity contribution is 5.81. The Kier molecular flexibility index (Phi) is 12.0. The Hall–Kier alpha value is -0.830. The number of rotatable bonds is 12. The minimum Gasteiger partial charge on any atom is -0.444 e. The first-order valence-electron chi connectivity index (χ1n) is 7.29. The monoisotopic (exact) mass is 255 g/mol. The molecular weight excluding hydrogens is 226 g/mol. The quantitative estimate of drug-likeness (QED) is 0.249. The number of hydrogen-bond donors (Lipinski definition) is 1. The van der Waals surface area contributed by atoms with Crippen LogP contribution in [0.5, 0.6) is 0 Å². The first-order valence-corrected chi connectivity index (χ1v) is 7.29. The molecule has 106 valence electrons. The van der Waals surface area contributed by atoms with E-state index < -0.39 is 12.2 Å². The lowest BCUT2D eigenvalue weighted by molar-refractivity contribution is -0.143. The summed E-state index contributed by atoms with van der Waals surface area (Å²) in [4.78, 5) is 10.9. The molecule has 0 aromatic rings. The number of nitrogens with two attached hydrogens (primary N) is 1. The third kappa shape index (κ3) is 11.6. The second kappa shape index (κ2) is 12.6. The third-order valence-electron chi connectivity index (χ3n) is 3.03. The number of carbonyl (C=O) groups excluding carboxylic acids is 1. The lowest BCUT2D eigenvalue weighted by Gasteiger charge is -2.11. The Morgan fingerprint density at radius 3 is 2.11 bits per heavy atom. The van der Waals surface area contributed by atoms with Gasteiger partial charge in [0.15, 0.2) is 6.23 Å². The number of hydrogen-bond acceptors (Lipinski definition) is 3. The van der Waals surface area contributed by atoms with E-state index in [1.807, 2.05) is 0 Å². The Bertz CT molecular complexity index is 217.